The van der Waals surface area contributed by atoms with Crippen LogP contribution in [0, 0.1) is 12.7 Å². The fraction of sp³-hybridized carbons (Fsp3) is 0.214. The Bertz CT molecular complexity index is 549. The molecule has 94 valence electrons. The third kappa shape index (κ3) is 2.59. The van der Waals surface area contributed by atoms with Gasteiger partial charge in [-0.25, -0.2) is 4.39 Å². The van der Waals surface area contributed by atoms with E-state index in [0.29, 0.717) is 6.54 Å². The van der Waals surface area contributed by atoms with Crippen molar-refractivity contribution in [3.63, 3.8) is 0 Å². The Labute approximate surface area is 105 Å². The molecule has 18 heavy (non-hydrogen) atoms. The van der Waals surface area contributed by atoms with E-state index < -0.39 is 5.82 Å². The number of hydrogen-bond donors (Lipinski definition) is 0. The van der Waals surface area contributed by atoms with Crippen LogP contribution in [0.15, 0.2) is 41.2 Å². The summed E-state index contributed by atoms with van der Waals surface area (Å²) in [6.45, 7) is 2.22. The van der Waals surface area contributed by atoms with Crippen molar-refractivity contribution in [2.75, 3.05) is 7.05 Å². The van der Waals surface area contributed by atoms with Gasteiger partial charge < -0.3 is 9.32 Å². The number of amides is 1. The summed E-state index contributed by atoms with van der Waals surface area (Å²) in [6.07, 6.45) is 3.11. The molecule has 0 spiro atoms. The molecule has 0 N–H and O–H groups in total. The van der Waals surface area contributed by atoms with Crippen molar-refractivity contribution in [3.8, 4) is 0 Å². The Morgan fingerprint density at radius 3 is 2.83 bits per heavy atom. The predicted molar refractivity (Wildman–Crippen MR) is 65.6 cm³/mol. The van der Waals surface area contributed by atoms with Crippen LogP contribution in [-0.4, -0.2) is 17.9 Å². The molecule has 0 fully saturated rings. The van der Waals surface area contributed by atoms with Crippen molar-refractivity contribution in [1.82, 2.24) is 4.90 Å². The molecule has 0 aliphatic rings. The minimum atomic E-state index is -0.496. The maximum Gasteiger partial charge on any atom is 0.256 e. The smallest absolute Gasteiger partial charge is 0.256 e. The summed E-state index contributed by atoms with van der Waals surface area (Å²) < 4.78 is 18.5. The van der Waals surface area contributed by atoms with Crippen molar-refractivity contribution < 1.29 is 13.6 Å². The number of furan rings is 1. The fourth-order valence-corrected chi connectivity index (χ4v) is 1.74. The quantitative estimate of drug-likeness (QED) is 0.835. The molecular formula is C14H14FNO2. The van der Waals surface area contributed by atoms with Crippen molar-refractivity contribution in [1.29, 1.82) is 0 Å². The van der Waals surface area contributed by atoms with E-state index in [0.717, 1.165) is 11.1 Å². The topological polar surface area (TPSA) is 33.5 Å². The lowest BCUT2D eigenvalue weighted by atomic mass is 10.1. The Balaban J connectivity index is 2.17. The van der Waals surface area contributed by atoms with Gasteiger partial charge in [-0.1, -0.05) is 11.6 Å². The van der Waals surface area contributed by atoms with E-state index in [2.05, 4.69) is 0 Å². The maximum atomic E-state index is 13.6. The van der Waals surface area contributed by atoms with Crippen LogP contribution in [0.4, 0.5) is 4.39 Å². The minimum Gasteiger partial charge on any atom is -0.472 e. The second-order valence-electron chi connectivity index (χ2n) is 4.28. The highest BCUT2D eigenvalue weighted by atomic mass is 19.1. The Kier molecular flexibility index (Phi) is 3.46. The monoisotopic (exact) mass is 247 g/mol. The summed E-state index contributed by atoms with van der Waals surface area (Å²) in [4.78, 5) is 13.6. The van der Waals surface area contributed by atoms with Gasteiger partial charge in [-0.2, -0.15) is 0 Å². The normalized spacial score (nSPS) is 10.4. The molecule has 1 aromatic carbocycles. The highest BCUT2D eigenvalue weighted by Crippen LogP contribution is 2.14. The second kappa shape index (κ2) is 5.04. The average molecular weight is 247 g/mol. The van der Waals surface area contributed by atoms with Gasteiger partial charge in [0.15, 0.2) is 0 Å². The maximum absolute atomic E-state index is 13.6. The average Bonchev–Trinajstić information content (AvgIpc) is 2.84. The molecule has 1 amide bonds. The molecule has 1 aromatic heterocycles. The zero-order valence-corrected chi connectivity index (χ0v) is 10.3. The standard InChI is InChI=1S/C14H14FNO2/c1-10-3-4-13(15)12(7-10)14(17)16(2)8-11-5-6-18-9-11/h3-7,9H,8H2,1-2H3. The molecule has 0 saturated heterocycles. The van der Waals surface area contributed by atoms with Crippen LogP contribution >= 0.6 is 0 Å². The van der Waals surface area contributed by atoms with Crippen LogP contribution in [0.5, 0.6) is 0 Å². The molecule has 0 unspecified atom stereocenters. The van der Waals surface area contributed by atoms with Gasteiger partial charge in [0.25, 0.3) is 5.91 Å². The third-order valence-electron chi connectivity index (χ3n) is 2.70. The number of nitrogens with zero attached hydrogens (tertiary/aromatic N) is 1. The van der Waals surface area contributed by atoms with Gasteiger partial charge in [-0.05, 0) is 25.1 Å². The van der Waals surface area contributed by atoms with Crippen LogP contribution in [0.2, 0.25) is 0 Å². The molecular weight excluding hydrogens is 233 g/mol. The molecule has 0 saturated carbocycles. The van der Waals surface area contributed by atoms with E-state index in [1.165, 1.54) is 11.0 Å². The summed E-state index contributed by atoms with van der Waals surface area (Å²) in [5, 5.41) is 0. The molecule has 0 aliphatic carbocycles. The van der Waals surface area contributed by atoms with Gasteiger partial charge in [0, 0.05) is 19.2 Å². The number of rotatable bonds is 3. The minimum absolute atomic E-state index is 0.0981. The van der Waals surface area contributed by atoms with Crippen molar-refractivity contribution >= 4 is 5.91 Å². The summed E-state index contributed by atoms with van der Waals surface area (Å²) in [7, 11) is 1.64. The highest BCUT2D eigenvalue weighted by molar-refractivity contribution is 5.94. The number of carbonyl (C=O) groups is 1. The van der Waals surface area contributed by atoms with Crippen molar-refractivity contribution in [2.24, 2.45) is 0 Å². The Morgan fingerprint density at radius 1 is 1.39 bits per heavy atom. The number of carbonyl (C=O) groups excluding carboxylic acids is 1. The van der Waals surface area contributed by atoms with Crippen LogP contribution in [0.3, 0.4) is 0 Å². The summed E-state index contributed by atoms with van der Waals surface area (Å²) >= 11 is 0. The first-order valence-electron chi connectivity index (χ1n) is 5.60. The van der Waals surface area contributed by atoms with E-state index in [4.69, 9.17) is 4.42 Å². The Morgan fingerprint density at radius 2 is 2.17 bits per heavy atom. The van der Waals surface area contributed by atoms with Crippen molar-refractivity contribution in [2.45, 2.75) is 13.5 Å². The number of halogens is 1. The highest BCUT2D eigenvalue weighted by Gasteiger charge is 2.16. The third-order valence-corrected chi connectivity index (χ3v) is 2.70. The molecule has 0 atom stereocenters. The lowest BCUT2D eigenvalue weighted by molar-refractivity contribution is 0.0780. The van der Waals surface area contributed by atoms with E-state index in [-0.39, 0.29) is 11.5 Å². The molecule has 0 radical (unpaired) electrons. The van der Waals surface area contributed by atoms with Crippen LogP contribution in [0.25, 0.3) is 0 Å². The lowest BCUT2D eigenvalue weighted by Gasteiger charge is -2.16. The van der Waals surface area contributed by atoms with Gasteiger partial charge in [0.1, 0.15) is 5.82 Å². The molecule has 0 bridgehead atoms. The largest absolute Gasteiger partial charge is 0.472 e. The van der Waals surface area contributed by atoms with E-state index in [9.17, 15) is 9.18 Å². The number of benzene rings is 1. The summed E-state index contributed by atoms with van der Waals surface area (Å²) in [6, 6.07) is 6.29. The molecule has 4 heteroatoms. The molecule has 2 rings (SSSR count). The van der Waals surface area contributed by atoms with Crippen molar-refractivity contribution in [3.05, 3.63) is 59.3 Å². The van der Waals surface area contributed by atoms with E-state index in [1.54, 1.807) is 37.8 Å². The molecule has 1 heterocycles. The van der Waals surface area contributed by atoms with Gasteiger partial charge in [-0.15, -0.1) is 0 Å². The zero-order chi connectivity index (χ0) is 13.1. The predicted octanol–water partition coefficient (Wildman–Crippen LogP) is 3.00. The SMILES string of the molecule is Cc1ccc(F)c(C(=O)N(C)Cc2ccoc2)c1. The number of aryl methyl sites for hydroxylation is 1. The van der Waals surface area contributed by atoms with E-state index >= 15 is 0 Å². The first-order chi connectivity index (χ1) is 8.58. The number of hydrogen-bond acceptors (Lipinski definition) is 2. The van der Waals surface area contributed by atoms with Crippen LogP contribution in [-0.2, 0) is 6.54 Å². The second-order valence-corrected chi connectivity index (χ2v) is 4.28. The molecule has 2 aromatic rings. The van der Waals surface area contributed by atoms with Gasteiger partial charge >= 0.3 is 0 Å². The lowest BCUT2D eigenvalue weighted by Crippen LogP contribution is -2.26. The molecule has 0 aliphatic heterocycles. The van der Waals surface area contributed by atoms with Gasteiger partial charge in [-0.3, -0.25) is 4.79 Å². The molecule has 3 nitrogen and oxygen atoms in total. The Hall–Kier alpha value is -2.10. The van der Waals surface area contributed by atoms with Crippen LogP contribution in [0.1, 0.15) is 21.5 Å². The van der Waals surface area contributed by atoms with Crippen LogP contribution < -0.4 is 0 Å². The van der Waals surface area contributed by atoms with Gasteiger partial charge in [0.05, 0.1) is 18.1 Å². The summed E-state index contributed by atoms with van der Waals surface area (Å²) in [5.74, 6) is -0.831. The zero-order valence-electron chi connectivity index (χ0n) is 10.3. The summed E-state index contributed by atoms with van der Waals surface area (Å²) in [5.41, 5.74) is 1.83. The first kappa shape index (κ1) is 12.4. The fourth-order valence-electron chi connectivity index (χ4n) is 1.74. The first-order valence-corrected chi connectivity index (χ1v) is 5.60. The van der Waals surface area contributed by atoms with E-state index in [1.807, 2.05) is 6.92 Å². The van der Waals surface area contributed by atoms with Gasteiger partial charge in [0.2, 0.25) is 0 Å².